The molecule has 0 saturated carbocycles. The number of nitrogens with zero attached hydrogens (tertiary/aromatic N) is 1. The van der Waals surface area contributed by atoms with E-state index in [2.05, 4.69) is 12.0 Å². The Morgan fingerprint density at radius 1 is 1.18 bits per heavy atom. The molecule has 0 bridgehead atoms. The number of hydrogen-bond donors (Lipinski definition) is 1. The standard InChI is InChI=1S/C16H26N2O4/c1-11(2)21-15(19)17-18(16(20)22-12(3)4)13(5)14-9-7-6-8-10-14/h9,11-12H,5-8,10H2,1-4H3,(H,17,19). The van der Waals surface area contributed by atoms with Gasteiger partial charge in [-0.1, -0.05) is 12.7 Å². The van der Waals surface area contributed by atoms with E-state index < -0.39 is 12.2 Å². The van der Waals surface area contributed by atoms with E-state index >= 15 is 0 Å². The average molecular weight is 310 g/mol. The van der Waals surface area contributed by atoms with Crippen molar-refractivity contribution in [3.05, 3.63) is 23.9 Å². The minimum atomic E-state index is -0.715. The molecule has 0 aromatic rings. The van der Waals surface area contributed by atoms with Gasteiger partial charge in [0.15, 0.2) is 0 Å². The smallest absolute Gasteiger partial charge is 0.433 e. The largest absolute Gasteiger partial charge is 0.446 e. The molecule has 0 aromatic heterocycles. The highest BCUT2D eigenvalue weighted by Crippen LogP contribution is 2.25. The third kappa shape index (κ3) is 5.79. The van der Waals surface area contributed by atoms with Crippen molar-refractivity contribution in [3.63, 3.8) is 0 Å². The first-order valence-electron chi connectivity index (χ1n) is 7.67. The number of hydrazine groups is 1. The SMILES string of the molecule is C=C(C1=CCCCC1)N(NC(=O)OC(C)C)C(=O)OC(C)C. The highest BCUT2D eigenvalue weighted by Gasteiger charge is 2.25. The van der Waals surface area contributed by atoms with Crippen LogP contribution in [0.15, 0.2) is 23.9 Å². The summed E-state index contributed by atoms with van der Waals surface area (Å²) < 4.78 is 10.2. The molecule has 1 aliphatic carbocycles. The van der Waals surface area contributed by atoms with E-state index in [1.54, 1.807) is 27.7 Å². The Labute approximate surface area is 132 Å². The molecule has 0 radical (unpaired) electrons. The minimum Gasteiger partial charge on any atom is -0.446 e. The van der Waals surface area contributed by atoms with Crippen molar-refractivity contribution in [2.24, 2.45) is 0 Å². The predicted molar refractivity (Wildman–Crippen MR) is 83.9 cm³/mol. The van der Waals surface area contributed by atoms with Crippen molar-refractivity contribution >= 4 is 12.2 Å². The van der Waals surface area contributed by atoms with Gasteiger partial charge in [0.2, 0.25) is 0 Å². The third-order valence-electron chi connectivity index (χ3n) is 3.00. The molecule has 0 heterocycles. The van der Waals surface area contributed by atoms with Crippen molar-refractivity contribution in [1.82, 2.24) is 10.4 Å². The van der Waals surface area contributed by atoms with Crippen LogP contribution in [0.5, 0.6) is 0 Å². The first-order chi connectivity index (χ1) is 10.3. The number of carbonyl (C=O) groups excluding carboxylic acids is 2. The van der Waals surface area contributed by atoms with Gasteiger partial charge in [0, 0.05) is 0 Å². The van der Waals surface area contributed by atoms with Crippen LogP contribution in [0.2, 0.25) is 0 Å². The van der Waals surface area contributed by atoms with Crippen LogP contribution in [0.25, 0.3) is 0 Å². The maximum atomic E-state index is 12.2. The predicted octanol–water partition coefficient (Wildman–Crippen LogP) is 3.90. The van der Waals surface area contributed by atoms with Crippen molar-refractivity contribution in [2.75, 3.05) is 0 Å². The lowest BCUT2D eigenvalue weighted by molar-refractivity contribution is 0.0590. The summed E-state index contributed by atoms with van der Waals surface area (Å²) in [6.45, 7) is 10.9. The minimum absolute atomic E-state index is 0.287. The number of amides is 2. The van der Waals surface area contributed by atoms with Gasteiger partial charge in [-0.3, -0.25) is 0 Å². The fourth-order valence-corrected chi connectivity index (χ4v) is 2.05. The Morgan fingerprint density at radius 2 is 1.82 bits per heavy atom. The molecule has 6 nitrogen and oxygen atoms in total. The summed E-state index contributed by atoms with van der Waals surface area (Å²) in [5, 5.41) is 1.03. The summed E-state index contributed by atoms with van der Waals surface area (Å²) in [5.41, 5.74) is 3.77. The van der Waals surface area contributed by atoms with Crippen LogP contribution in [0.3, 0.4) is 0 Å². The summed E-state index contributed by atoms with van der Waals surface area (Å²) in [6, 6.07) is 0. The van der Waals surface area contributed by atoms with Gasteiger partial charge < -0.3 is 9.47 Å². The second-order valence-electron chi connectivity index (χ2n) is 5.76. The molecule has 1 rings (SSSR count). The fraction of sp³-hybridized carbons (Fsp3) is 0.625. The van der Waals surface area contributed by atoms with E-state index in [0.29, 0.717) is 5.70 Å². The van der Waals surface area contributed by atoms with E-state index in [4.69, 9.17) is 9.47 Å². The summed E-state index contributed by atoms with van der Waals surface area (Å²) in [7, 11) is 0. The van der Waals surface area contributed by atoms with Gasteiger partial charge in [0.1, 0.15) is 0 Å². The molecule has 1 N–H and O–H groups in total. The lowest BCUT2D eigenvalue weighted by Gasteiger charge is -2.27. The molecule has 6 heteroatoms. The maximum absolute atomic E-state index is 12.2. The zero-order chi connectivity index (χ0) is 16.7. The van der Waals surface area contributed by atoms with E-state index in [9.17, 15) is 9.59 Å². The van der Waals surface area contributed by atoms with Gasteiger partial charge in [-0.2, -0.15) is 5.01 Å². The zero-order valence-corrected chi connectivity index (χ0v) is 13.8. The third-order valence-corrected chi connectivity index (χ3v) is 3.00. The van der Waals surface area contributed by atoms with Crippen LogP contribution in [0, 0.1) is 0 Å². The highest BCUT2D eigenvalue weighted by molar-refractivity contribution is 5.76. The molecule has 0 aliphatic heterocycles. The monoisotopic (exact) mass is 310 g/mol. The van der Waals surface area contributed by atoms with Crippen LogP contribution in [-0.2, 0) is 9.47 Å². The summed E-state index contributed by atoms with van der Waals surface area (Å²) in [5.74, 6) is 0. The van der Waals surface area contributed by atoms with Gasteiger partial charge >= 0.3 is 12.2 Å². The lowest BCUT2D eigenvalue weighted by Crippen LogP contribution is -2.47. The van der Waals surface area contributed by atoms with E-state index in [0.717, 1.165) is 36.3 Å². The van der Waals surface area contributed by atoms with E-state index in [-0.39, 0.29) is 12.2 Å². The number of carbonyl (C=O) groups is 2. The second kappa shape index (κ2) is 8.46. The molecule has 2 amide bonds. The molecule has 0 atom stereocenters. The van der Waals surface area contributed by atoms with Crippen molar-refractivity contribution in [1.29, 1.82) is 0 Å². The van der Waals surface area contributed by atoms with Gasteiger partial charge in [0.05, 0.1) is 17.9 Å². The molecule has 1 aliphatic rings. The Morgan fingerprint density at radius 3 is 2.32 bits per heavy atom. The van der Waals surface area contributed by atoms with Crippen LogP contribution >= 0.6 is 0 Å². The first kappa shape index (κ1) is 18.1. The fourth-order valence-electron chi connectivity index (χ4n) is 2.05. The van der Waals surface area contributed by atoms with Crippen molar-refractivity contribution in [2.45, 2.75) is 65.6 Å². The van der Waals surface area contributed by atoms with Crippen LogP contribution < -0.4 is 5.43 Å². The van der Waals surface area contributed by atoms with Crippen molar-refractivity contribution < 1.29 is 19.1 Å². The average Bonchev–Trinajstić information content (AvgIpc) is 2.43. The van der Waals surface area contributed by atoms with Crippen molar-refractivity contribution in [3.8, 4) is 0 Å². The van der Waals surface area contributed by atoms with Gasteiger partial charge in [-0.05, 0) is 59.0 Å². The second-order valence-corrected chi connectivity index (χ2v) is 5.76. The molecule has 0 aromatic carbocycles. The summed E-state index contributed by atoms with van der Waals surface area (Å²) in [6.07, 6.45) is 3.99. The Balaban J connectivity index is 2.85. The highest BCUT2D eigenvalue weighted by atomic mass is 16.6. The molecule has 0 spiro atoms. The zero-order valence-electron chi connectivity index (χ0n) is 13.8. The summed E-state index contributed by atoms with van der Waals surface area (Å²) in [4.78, 5) is 24.0. The van der Waals surface area contributed by atoms with Gasteiger partial charge in [0.25, 0.3) is 0 Å². The Kier molecular flexibility index (Phi) is 6.95. The van der Waals surface area contributed by atoms with Gasteiger partial charge in [-0.25, -0.2) is 15.0 Å². The number of ether oxygens (including phenoxy) is 2. The maximum Gasteiger partial charge on any atom is 0.433 e. The summed E-state index contributed by atoms with van der Waals surface area (Å²) >= 11 is 0. The molecule has 0 saturated heterocycles. The van der Waals surface area contributed by atoms with Crippen LogP contribution in [0.1, 0.15) is 53.4 Å². The Hall–Kier alpha value is -1.98. The normalized spacial score (nSPS) is 14.4. The first-order valence-corrected chi connectivity index (χ1v) is 7.67. The molecule has 124 valence electrons. The molecular weight excluding hydrogens is 284 g/mol. The topological polar surface area (TPSA) is 67.9 Å². The number of allylic oxidation sites excluding steroid dienone is 2. The van der Waals surface area contributed by atoms with Gasteiger partial charge in [-0.15, -0.1) is 0 Å². The van der Waals surface area contributed by atoms with E-state index in [1.165, 1.54) is 0 Å². The molecule has 22 heavy (non-hydrogen) atoms. The van der Waals surface area contributed by atoms with E-state index in [1.807, 2.05) is 6.08 Å². The number of hydrogen-bond acceptors (Lipinski definition) is 4. The quantitative estimate of drug-likeness (QED) is 0.800. The molecule has 0 fully saturated rings. The van der Waals surface area contributed by atoms with Crippen LogP contribution in [0.4, 0.5) is 9.59 Å². The lowest BCUT2D eigenvalue weighted by atomic mass is 9.97. The number of rotatable bonds is 4. The molecule has 0 unspecified atom stereocenters. The Bertz CT molecular complexity index is 455. The number of nitrogens with one attached hydrogen (secondary N) is 1. The molecular formula is C16H26N2O4. The van der Waals surface area contributed by atoms with Crippen LogP contribution in [-0.4, -0.2) is 29.4 Å².